The summed E-state index contributed by atoms with van der Waals surface area (Å²) in [5.74, 6) is -0.0389. The highest BCUT2D eigenvalue weighted by atomic mass is 16.6. The number of ether oxygens (including phenoxy) is 1. The molecular weight excluding hydrogens is 280 g/mol. The first-order valence-electron chi connectivity index (χ1n) is 7.81. The molecule has 0 aliphatic heterocycles. The van der Waals surface area contributed by atoms with Gasteiger partial charge in [-0.15, -0.1) is 0 Å². The molecule has 5 nitrogen and oxygen atoms in total. The number of carbonyl (C=O) groups excluding carboxylic acids is 2. The molecular formula is C17H24N2O3. The van der Waals surface area contributed by atoms with Crippen molar-refractivity contribution < 1.29 is 14.3 Å². The van der Waals surface area contributed by atoms with E-state index in [1.54, 1.807) is 0 Å². The lowest BCUT2D eigenvalue weighted by Gasteiger charge is -2.28. The molecule has 22 heavy (non-hydrogen) atoms. The Labute approximate surface area is 131 Å². The van der Waals surface area contributed by atoms with E-state index in [1.807, 2.05) is 32.0 Å². The fourth-order valence-electron chi connectivity index (χ4n) is 2.95. The summed E-state index contributed by atoms with van der Waals surface area (Å²) >= 11 is 0. The first-order chi connectivity index (χ1) is 10.5. The van der Waals surface area contributed by atoms with Crippen LogP contribution < -0.4 is 11.1 Å². The van der Waals surface area contributed by atoms with E-state index in [9.17, 15) is 9.59 Å². The van der Waals surface area contributed by atoms with Crippen LogP contribution in [0.3, 0.4) is 0 Å². The van der Waals surface area contributed by atoms with Crippen molar-refractivity contribution in [2.75, 3.05) is 0 Å². The minimum absolute atomic E-state index is 0.0245. The van der Waals surface area contributed by atoms with Crippen LogP contribution >= 0.6 is 0 Å². The Morgan fingerprint density at radius 3 is 2.77 bits per heavy atom. The molecule has 0 fully saturated rings. The van der Waals surface area contributed by atoms with E-state index < -0.39 is 12.2 Å². The third-order valence-electron chi connectivity index (χ3n) is 3.92. The molecule has 0 aromatic heterocycles. The fourth-order valence-corrected chi connectivity index (χ4v) is 2.95. The number of hydrogen-bond donors (Lipinski definition) is 2. The van der Waals surface area contributed by atoms with Gasteiger partial charge < -0.3 is 15.8 Å². The number of amides is 2. The lowest BCUT2D eigenvalue weighted by atomic mass is 9.87. The van der Waals surface area contributed by atoms with E-state index in [2.05, 4.69) is 11.4 Å². The van der Waals surface area contributed by atoms with Crippen LogP contribution in [0.5, 0.6) is 0 Å². The molecule has 120 valence electrons. The minimum Gasteiger partial charge on any atom is -0.436 e. The van der Waals surface area contributed by atoms with E-state index in [1.165, 1.54) is 5.56 Å². The SMILES string of the molecule is CC(C)CC(OC(N)=O)C(=O)N[C@@H]1CCCc2ccccc21. The predicted octanol–water partition coefficient (Wildman–Crippen LogP) is 2.69. The minimum atomic E-state index is -0.912. The van der Waals surface area contributed by atoms with Gasteiger partial charge in [0.15, 0.2) is 6.10 Å². The number of hydrogen-bond acceptors (Lipinski definition) is 3. The largest absolute Gasteiger partial charge is 0.436 e. The summed E-state index contributed by atoms with van der Waals surface area (Å²) in [6.45, 7) is 3.95. The monoisotopic (exact) mass is 304 g/mol. The van der Waals surface area contributed by atoms with E-state index in [0.29, 0.717) is 6.42 Å². The van der Waals surface area contributed by atoms with E-state index in [4.69, 9.17) is 10.5 Å². The maximum Gasteiger partial charge on any atom is 0.405 e. The number of aryl methyl sites for hydroxylation is 1. The van der Waals surface area contributed by atoms with Crippen molar-refractivity contribution in [3.8, 4) is 0 Å². The molecule has 2 atom stereocenters. The molecule has 5 heteroatoms. The lowest BCUT2D eigenvalue weighted by Crippen LogP contribution is -2.42. The van der Waals surface area contributed by atoms with Crippen LogP contribution in [0.4, 0.5) is 4.79 Å². The molecule has 0 saturated carbocycles. The number of fused-ring (bicyclic) bond motifs is 1. The van der Waals surface area contributed by atoms with Gasteiger partial charge in [0.05, 0.1) is 6.04 Å². The number of benzene rings is 1. The second kappa shape index (κ2) is 7.29. The zero-order valence-corrected chi connectivity index (χ0v) is 13.2. The van der Waals surface area contributed by atoms with Crippen LogP contribution in [0.2, 0.25) is 0 Å². The van der Waals surface area contributed by atoms with Gasteiger partial charge in [0.1, 0.15) is 0 Å². The van der Waals surface area contributed by atoms with Crippen molar-refractivity contribution in [2.24, 2.45) is 11.7 Å². The van der Waals surface area contributed by atoms with E-state index in [0.717, 1.165) is 24.8 Å². The zero-order chi connectivity index (χ0) is 16.1. The molecule has 0 radical (unpaired) electrons. The average Bonchev–Trinajstić information content (AvgIpc) is 2.46. The second-order valence-electron chi connectivity index (χ2n) is 6.21. The molecule has 2 rings (SSSR count). The molecule has 1 aliphatic rings. The number of nitrogens with one attached hydrogen (secondary N) is 1. The van der Waals surface area contributed by atoms with Crippen LogP contribution in [-0.2, 0) is 16.0 Å². The molecule has 1 aliphatic carbocycles. The van der Waals surface area contributed by atoms with Gasteiger partial charge in [-0.3, -0.25) is 4.79 Å². The molecule has 3 N–H and O–H groups in total. The summed E-state index contributed by atoms with van der Waals surface area (Å²) in [6, 6.07) is 8.12. The third-order valence-corrected chi connectivity index (χ3v) is 3.92. The fraction of sp³-hybridized carbons (Fsp3) is 0.529. The Morgan fingerprint density at radius 2 is 2.09 bits per heavy atom. The average molecular weight is 304 g/mol. The maximum atomic E-state index is 12.4. The molecule has 0 spiro atoms. The van der Waals surface area contributed by atoms with Gasteiger partial charge in [-0.25, -0.2) is 4.79 Å². The van der Waals surface area contributed by atoms with Crippen molar-refractivity contribution in [3.05, 3.63) is 35.4 Å². The van der Waals surface area contributed by atoms with Gasteiger partial charge in [0.2, 0.25) is 0 Å². The third kappa shape index (κ3) is 4.23. The van der Waals surface area contributed by atoms with Gasteiger partial charge in [-0.2, -0.15) is 0 Å². The number of primary amides is 1. The molecule has 1 aromatic rings. The highest BCUT2D eigenvalue weighted by Gasteiger charge is 2.27. The normalized spacial score (nSPS) is 18.4. The number of nitrogens with two attached hydrogens (primary N) is 1. The zero-order valence-electron chi connectivity index (χ0n) is 13.2. The maximum absolute atomic E-state index is 12.4. The summed E-state index contributed by atoms with van der Waals surface area (Å²) < 4.78 is 4.98. The number of rotatable bonds is 5. The second-order valence-corrected chi connectivity index (χ2v) is 6.21. The number of carbonyl (C=O) groups is 2. The molecule has 0 bridgehead atoms. The predicted molar refractivity (Wildman–Crippen MR) is 84.2 cm³/mol. The highest BCUT2D eigenvalue weighted by Crippen LogP contribution is 2.29. The Balaban J connectivity index is 2.08. The van der Waals surface area contributed by atoms with Crippen LogP contribution in [-0.4, -0.2) is 18.1 Å². The van der Waals surface area contributed by atoms with Crippen LogP contribution in [0.15, 0.2) is 24.3 Å². The summed E-state index contributed by atoms with van der Waals surface area (Å²) in [5, 5.41) is 3.01. The topological polar surface area (TPSA) is 81.4 Å². The summed E-state index contributed by atoms with van der Waals surface area (Å²) in [4.78, 5) is 23.5. The molecule has 2 amide bonds. The molecule has 0 heterocycles. The van der Waals surface area contributed by atoms with Crippen molar-refractivity contribution >= 4 is 12.0 Å². The van der Waals surface area contributed by atoms with Gasteiger partial charge >= 0.3 is 6.09 Å². The Bertz CT molecular complexity index is 542. The van der Waals surface area contributed by atoms with Gasteiger partial charge in [-0.1, -0.05) is 38.1 Å². The van der Waals surface area contributed by atoms with Gasteiger partial charge in [0.25, 0.3) is 5.91 Å². The molecule has 1 aromatic carbocycles. The Hall–Kier alpha value is -2.04. The molecule has 0 saturated heterocycles. The highest BCUT2D eigenvalue weighted by molar-refractivity contribution is 5.83. The van der Waals surface area contributed by atoms with Crippen LogP contribution in [0.1, 0.15) is 50.3 Å². The van der Waals surface area contributed by atoms with Crippen LogP contribution in [0, 0.1) is 5.92 Å². The van der Waals surface area contributed by atoms with Gasteiger partial charge in [-0.05, 0) is 42.7 Å². The van der Waals surface area contributed by atoms with Crippen molar-refractivity contribution in [2.45, 2.75) is 51.7 Å². The summed E-state index contributed by atoms with van der Waals surface area (Å²) in [5.41, 5.74) is 7.51. The van der Waals surface area contributed by atoms with Gasteiger partial charge in [0, 0.05) is 0 Å². The first kappa shape index (κ1) is 16.3. The molecule has 1 unspecified atom stereocenters. The van der Waals surface area contributed by atoms with Crippen LogP contribution in [0.25, 0.3) is 0 Å². The van der Waals surface area contributed by atoms with E-state index >= 15 is 0 Å². The van der Waals surface area contributed by atoms with Crippen molar-refractivity contribution in [1.29, 1.82) is 0 Å². The Kier molecular flexibility index (Phi) is 5.41. The summed E-state index contributed by atoms with van der Waals surface area (Å²) in [7, 11) is 0. The standard InChI is InChI=1S/C17H24N2O3/c1-11(2)10-15(22-17(18)21)16(20)19-14-9-5-7-12-6-3-4-8-13(12)14/h3-4,6,8,11,14-15H,5,7,9-10H2,1-2H3,(H2,18,21)(H,19,20)/t14-,15?/m1/s1. The van der Waals surface area contributed by atoms with Crippen molar-refractivity contribution in [3.63, 3.8) is 0 Å². The Morgan fingerprint density at radius 1 is 1.36 bits per heavy atom. The summed E-state index contributed by atoms with van der Waals surface area (Å²) in [6.07, 6.45) is 1.69. The van der Waals surface area contributed by atoms with Crippen molar-refractivity contribution in [1.82, 2.24) is 5.32 Å². The lowest BCUT2D eigenvalue weighted by molar-refractivity contribution is -0.131. The first-order valence-corrected chi connectivity index (χ1v) is 7.81. The van der Waals surface area contributed by atoms with E-state index in [-0.39, 0.29) is 17.9 Å². The quantitative estimate of drug-likeness (QED) is 0.877. The smallest absolute Gasteiger partial charge is 0.405 e.